The number of carbonyl (C=O) groups is 2. The topological polar surface area (TPSA) is 64.7 Å². The first-order valence-corrected chi connectivity index (χ1v) is 10.9. The number of halogens is 1. The molecule has 30 heavy (non-hydrogen) atoms. The molecule has 0 unspecified atom stereocenters. The Morgan fingerprint density at radius 2 is 1.53 bits per heavy atom. The standard InChI is InChI=1S/C23H29ClN4O2/c1-3-27(4-2)22(29)20-16-19(12-13-21(20)28-14-6-5-7-15-28)26-23(30)25-18-10-8-17(24)9-11-18/h8-13,16H,3-7,14-15H2,1-2H3,(H2,25,26,30). The molecule has 2 aromatic rings. The summed E-state index contributed by atoms with van der Waals surface area (Å²) in [7, 11) is 0. The first-order valence-electron chi connectivity index (χ1n) is 10.5. The second-order valence-electron chi connectivity index (χ2n) is 7.34. The lowest BCUT2D eigenvalue weighted by Crippen LogP contribution is -2.35. The fourth-order valence-corrected chi connectivity index (χ4v) is 3.83. The smallest absolute Gasteiger partial charge is 0.323 e. The Morgan fingerprint density at radius 3 is 2.17 bits per heavy atom. The molecule has 1 saturated heterocycles. The Bertz CT molecular complexity index is 875. The normalized spacial score (nSPS) is 13.6. The quantitative estimate of drug-likeness (QED) is 0.642. The van der Waals surface area contributed by atoms with Crippen LogP contribution in [-0.2, 0) is 0 Å². The molecule has 2 N–H and O–H groups in total. The van der Waals surface area contributed by atoms with Crippen molar-refractivity contribution in [1.29, 1.82) is 0 Å². The molecule has 6 nitrogen and oxygen atoms in total. The Kier molecular flexibility index (Phi) is 7.57. The third kappa shape index (κ3) is 5.45. The zero-order valence-electron chi connectivity index (χ0n) is 17.6. The van der Waals surface area contributed by atoms with Crippen molar-refractivity contribution >= 4 is 40.6 Å². The van der Waals surface area contributed by atoms with Crippen molar-refractivity contribution in [2.45, 2.75) is 33.1 Å². The molecule has 0 radical (unpaired) electrons. The van der Waals surface area contributed by atoms with Crippen LogP contribution < -0.4 is 15.5 Å². The molecule has 1 aliphatic rings. The zero-order valence-corrected chi connectivity index (χ0v) is 18.3. The number of hydrogen-bond donors (Lipinski definition) is 2. The predicted octanol–water partition coefficient (Wildman–Crippen LogP) is 5.46. The van der Waals surface area contributed by atoms with Crippen molar-refractivity contribution in [1.82, 2.24) is 4.90 Å². The molecule has 3 rings (SSSR count). The first-order chi connectivity index (χ1) is 14.5. The Labute approximate surface area is 183 Å². The fraction of sp³-hybridized carbons (Fsp3) is 0.391. The molecule has 0 aromatic heterocycles. The Hall–Kier alpha value is -2.73. The van der Waals surface area contributed by atoms with Gasteiger partial charge in [0.1, 0.15) is 0 Å². The minimum atomic E-state index is -0.371. The highest BCUT2D eigenvalue weighted by Gasteiger charge is 2.22. The van der Waals surface area contributed by atoms with Gasteiger partial charge in [0.25, 0.3) is 5.91 Å². The average molecular weight is 429 g/mol. The molecular weight excluding hydrogens is 400 g/mol. The SMILES string of the molecule is CCN(CC)C(=O)c1cc(NC(=O)Nc2ccc(Cl)cc2)ccc1N1CCCCC1. The summed E-state index contributed by atoms with van der Waals surface area (Å²) in [6.45, 7) is 7.13. The number of nitrogens with one attached hydrogen (secondary N) is 2. The highest BCUT2D eigenvalue weighted by Crippen LogP contribution is 2.28. The minimum Gasteiger partial charge on any atom is -0.371 e. The van der Waals surface area contributed by atoms with Gasteiger partial charge in [0.2, 0.25) is 0 Å². The number of anilines is 3. The number of nitrogens with zero attached hydrogens (tertiary/aromatic N) is 2. The summed E-state index contributed by atoms with van der Waals surface area (Å²) in [5.41, 5.74) is 2.79. The summed E-state index contributed by atoms with van der Waals surface area (Å²) in [4.78, 5) is 29.7. The highest BCUT2D eigenvalue weighted by molar-refractivity contribution is 6.30. The third-order valence-corrected chi connectivity index (χ3v) is 5.59. The van der Waals surface area contributed by atoms with Crippen LogP contribution in [-0.4, -0.2) is 43.0 Å². The van der Waals surface area contributed by atoms with E-state index in [2.05, 4.69) is 15.5 Å². The van der Waals surface area contributed by atoms with Gasteiger partial charge in [-0.05, 0) is 75.6 Å². The van der Waals surface area contributed by atoms with Gasteiger partial charge in [-0.1, -0.05) is 11.6 Å². The van der Waals surface area contributed by atoms with Crippen LogP contribution in [0.15, 0.2) is 42.5 Å². The van der Waals surface area contributed by atoms with Crippen molar-refractivity contribution < 1.29 is 9.59 Å². The number of piperidine rings is 1. The molecule has 0 saturated carbocycles. The highest BCUT2D eigenvalue weighted by atomic mass is 35.5. The van der Waals surface area contributed by atoms with Crippen LogP contribution in [0.5, 0.6) is 0 Å². The predicted molar refractivity (Wildman–Crippen MR) is 124 cm³/mol. The second-order valence-corrected chi connectivity index (χ2v) is 7.78. The number of urea groups is 1. The van der Waals surface area contributed by atoms with Gasteiger partial charge in [0.15, 0.2) is 0 Å². The second kappa shape index (κ2) is 10.3. The summed E-state index contributed by atoms with van der Waals surface area (Å²) in [6.07, 6.45) is 3.48. The summed E-state index contributed by atoms with van der Waals surface area (Å²) < 4.78 is 0. The van der Waals surface area contributed by atoms with E-state index in [-0.39, 0.29) is 11.9 Å². The fourth-order valence-electron chi connectivity index (χ4n) is 3.70. The van der Waals surface area contributed by atoms with Crippen LogP contribution in [0.25, 0.3) is 0 Å². The maximum Gasteiger partial charge on any atom is 0.323 e. The monoisotopic (exact) mass is 428 g/mol. The number of carbonyl (C=O) groups excluding carboxylic acids is 2. The van der Waals surface area contributed by atoms with Gasteiger partial charge in [0, 0.05) is 48.3 Å². The Morgan fingerprint density at radius 1 is 0.933 bits per heavy atom. The lowest BCUT2D eigenvalue weighted by atomic mass is 10.1. The van der Waals surface area contributed by atoms with E-state index in [1.807, 2.05) is 26.0 Å². The van der Waals surface area contributed by atoms with E-state index in [4.69, 9.17) is 11.6 Å². The van der Waals surface area contributed by atoms with E-state index in [0.29, 0.717) is 35.1 Å². The van der Waals surface area contributed by atoms with Crippen LogP contribution in [0.3, 0.4) is 0 Å². The third-order valence-electron chi connectivity index (χ3n) is 5.33. The molecule has 1 aliphatic heterocycles. The summed E-state index contributed by atoms with van der Waals surface area (Å²) in [5.74, 6) is -0.0117. The molecule has 0 spiro atoms. The van der Waals surface area contributed by atoms with E-state index in [0.717, 1.165) is 31.6 Å². The maximum absolute atomic E-state index is 13.2. The maximum atomic E-state index is 13.2. The largest absolute Gasteiger partial charge is 0.371 e. The number of amides is 3. The van der Waals surface area contributed by atoms with E-state index < -0.39 is 0 Å². The van der Waals surface area contributed by atoms with Gasteiger partial charge in [-0.15, -0.1) is 0 Å². The van der Waals surface area contributed by atoms with Crippen LogP contribution in [0.1, 0.15) is 43.5 Å². The molecule has 0 aliphatic carbocycles. The van der Waals surface area contributed by atoms with E-state index >= 15 is 0 Å². The molecule has 1 fully saturated rings. The lowest BCUT2D eigenvalue weighted by Gasteiger charge is -2.31. The van der Waals surface area contributed by atoms with E-state index in [1.165, 1.54) is 6.42 Å². The van der Waals surface area contributed by atoms with Crippen LogP contribution >= 0.6 is 11.6 Å². The summed E-state index contributed by atoms with van der Waals surface area (Å²) in [6, 6.07) is 12.1. The molecule has 0 bridgehead atoms. The molecule has 1 heterocycles. The van der Waals surface area contributed by atoms with Gasteiger partial charge in [-0.2, -0.15) is 0 Å². The molecular formula is C23H29ClN4O2. The number of rotatable bonds is 6. The summed E-state index contributed by atoms with van der Waals surface area (Å²) >= 11 is 5.89. The molecule has 7 heteroatoms. The van der Waals surface area contributed by atoms with Crippen molar-refractivity contribution in [2.24, 2.45) is 0 Å². The average Bonchev–Trinajstić information content (AvgIpc) is 2.76. The molecule has 160 valence electrons. The molecule has 2 aromatic carbocycles. The van der Waals surface area contributed by atoms with Crippen molar-refractivity contribution in [3.8, 4) is 0 Å². The van der Waals surface area contributed by atoms with Gasteiger partial charge in [0.05, 0.1) is 5.56 Å². The number of hydrogen-bond acceptors (Lipinski definition) is 3. The van der Waals surface area contributed by atoms with Crippen molar-refractivity contribution in [3.63, 3.8) is 0 Å². The van der Waals surface area contributed by atoms with Crippen LogP contribution in [0.2, 0.25) is 5.02 Å². The minimum absolute atomic E-state index is 0.0117. The van der Waals surface area contributed by atoms with Gasteiger partial charge in [-0.3, -0.25) is 4.79 Å². The zero-order chi connectivity index (χ0) is 21.5. The summed E-state index contributed by atoms with van der Waals surface area (Å²) in [5, 5.41) is 6.21. The van der Waals surface area contributed by atoms with Crippen molar-refractivity contribution in [3.05, 3.63) is 53.1 Å². The van der Waals surface area contributed by atoms with Gasteiger partial charge < -0.3 is 20.4 Å². The van der Waals surface area contributed by atoms with E-state index in [9.17, 15) is 9.59 Å². The molecule has 0 atom stereocenters. The van der Waals surface area contributed by atoms with Crippen LogP contribution in [0, 0.1) is 0 Å². The molecule has 3 amide bonds. The van der Waals surface area contributed by atoms with E-state index in [1.54, 1.807) is 35.2 Å². The Balaban J connectivity index is 1.82. The lowest BCUT2D eigenvalue weighted by molar-refractivity contribution is 0.0773. The first kappa shape index (κ1) is 22.0. The van der Waals surface area contributed by atoms with Gasteiger partial charge in [-0.25, -0.2) is 4.79 Å². The van der Waals surface area contributed by atoms with Crippen LogP contribution in [0.4, 0.5) is 21.9 Å². The van der Waals surface area contributed by atoms with Crippen molar-refractivity contribution in [2.75, 3.05) is 41.7 Å². The number of benzene rings is 2. The van der Waals surface area contributed by atoms with Gasteiger partial charge >= 0.3 is 6.03 Å².